The minimum Gasteiger partial charge on any atom is -0.376 e. The van der Waals surface area contributed by atoms with Crippen molar-refractivity contribution in [2.75, 3.05) is 13.1 Å². The van der Waals surface area contributed by atoms with E-state index < -0.39 is 0 Å². The molecule has 1 N–H and O–H groups in total. The van der Waals surface area contributed by atoms with E-state index in [9.17, 15) is 0 Å². The molecule has 0 aromatic heterocycles. The van der Waals surface area contributed by atoms with Gasteiger partial charge in [0.15, 0.2) is 0 Å². The van der Waals surface area contributed by atoms with Gasteiger partial charge in [-0.1, -0.05) is 0 Å². The van der Waals surface area contributed by atoms with Crippen molar-refractivity contribution in [1.82, 2.24) is 5.32 Å². The Hall–Kier alpha value is -0.530. The molecule has 40 valence electrons. The molecule has 0 unspecified atom stereocenters. The Bertz CT molecular complexity index is 60.5. The molecule has 0 saturated carbocycles. The van der Waals surface area contributed by atoms with Gasteiger partial charge in [0.2, 0.25) is 0 Å². The molecular weight excluding hydrogens is 88.1 g/mol. The Morgan fingerprint density at radius 2 is 2.43 bits per heavy atom. The monoisotopic (exact) mass is 98.1 g/mol. The van der Waals surface area contributed by atoms with Crippen LogP contribution >= 0.6 is 0 Å². The van der Waals surface area contributed by atoms with Gasteiger partial charge in [-0.3, -0.25) is 4.99 Å². The Morgan fingerprint density at radius 3 is 3.43 bits per heavy atom. The van der Waals surface area contributed by atoms with Gasteiger partial charge >= 0.3 is 0 Å². The van der Waals surface area contributed by atoms with E-state index in [2.05, 4.69) is 10.3 Å². The Morgan fingerprint density at radius 1 is 1.43 bits per heavy atom. The van der Waals surface area contributed by atoms with Gasteiger partial charge in [-0.2, -0.15) is 0 Å². The lowest BCUT2D eigenvalue weighted by Gasteiger charge is -1.89. The van der Waals surface area contributed by atoms with Crippen molar-refractivity contribution < 1.29 is 0 Å². The van der Waals surface area contributed by atoms with Crippen LogP contribution in [0.4, 0.5) is 0 Å². The van der Waals surface area contributed by atoms with Gasteiger partial charge in [0.1, 0.15) is 0 Å². The molecule has 1 aliphatic heterocycles. The molecule has 0 atom stereocenters. The van der Waals surface area contributed by atoms with E-state index in [0.29, 0.717) is 0 Å². The third kappa shape index (κ3) is 1.57. The molecule has 2 nitrogen and oxygen atoms in total. The normalized spacial score (nSPS) is 20.6. The van der Waals surface area contributed by atoms with Crippen molar-refractivity contribution in [3.05, 3.63) is 0 Å². The summed E-state index contributed by atoms with van der Waals surface area (Å²) in [5.74, 6) is 0. The lowest BCUT2D eigenvalue weighted by Crippen LogP contribution is -2.09. The van der Waals surface area contributed by atoms with Gasteiger partial charge in [-0.05, 0) is 12.8 Å². The molecule has 0 bridgehead atoms. The molecule has 0 aromatic carbocycles. The van der Waals surface area contributed by atoms with Crippen LogP contribution in [0.3, 0.4) is 0 Å². The van der Waals surface area contributed by atoms with E-state index in [1.54, 1.807) is 6.34 Å². The minimum absolute atomic E-state index is 1.01. The quantitative estimate of drug-likeness (QED) is 0.466. The largest absolute Gasteiger partial charge is 0.376 e. The summed E-state index contributed by atoms with van der Waals surface area (Å²) in [6, 6.07) is 0. The summed E-state index contributed by atoms with van der Waals surface area (Å²) in [6.07, 6.45) is 4.30. The molecule has 0 saturated heterocycles. The van der Waals surface area contributed by atoms with Crippen LogP contribution in [-0.4, -0.2) is 19.4 Å². The predicted octanol–water partition coefficient (Wildman–Crippen LogP) is 0.398. The maximum absolute atomic E-state index is 4.03. The first-order valence-electron chi connectivity index (χ1n) is 2.72. The predicted molar refractivity (Wildman–Crippen MR) is 30.6 cm³/mol. The fourth-order valence-corrected chi connectivity index (χ4v) is 0.624. The average molecular weight is 98.1 g/mol. The van der Waals surface area contributed by atoms with Gasteiger partial charge in [0.05, 0.1) is 6.34 Å². The molecule has 0 fully saturated rings. The number of hydrogen-bond acceptors (Lipinski definition) is 2. The van der Waals surface area contributed by atoms with Crippen molar-refractivity contribution in [3.63, 3.8) is 0 Å². The van der Waals surface area contributed by atoms with Crippen LogP contribution in [0.25, 0.3) is 0 Å². The first-order valence-corrected chi connectivity index (χ1v) is 2.72. The molecule has 1 heterocycles. The van der Waals surface area contributed by atoms with Crippen LogP contribution in [0, 0.1) is 0 Å². The van der Waals surface area contributed by atoms with Crippen LogP contribution in [0.2, 0.25) is 0 Å². The molecule has 0 radical (unpaired) electrons. The molecule has 0 aliphatic carbocycles. The van der Waals surface area contributed by atoms with E-state index in [-0.39, 0.29) is 0 Å². The Labute approximate surface area is 43.6 Å². The minimum atomic E-state index is 1.01. The summed E-state index contributed by atoms with van der Waals surface area (Å²) in [4.78, 5) is 4.03. The molecular formula is C5H10N2. The SMILES string of the molecule is C1=NCCCCN1. The molecule has 1 aliphatic rings. The van der Waals surface area contributed by atoms with E-state index in [1.165, 1.54) is 12.8 Å². The van der Waals surface area contributed by atoms with Crippen molar-refractivity contribution in [1.29, 1.82) is 0 Å². The van der Waals surface area contributed by atoms with Crippen LogP contribution in [-0.2, 0) is 0 Å². The van der Waals surface area contributed by atoms with Crippen LogP contribution in [0.1, 0.15) is 12.8 Å². The molecule has 0 aromatic rings. The highest BCUT2D eigenvalue weighted by molar-refractivity contribution is 5.54. The number of nitrogens with zero attached hydrogens (tertiary/aromatic N) is 1. The van der Waals surface area contributed by atoms with Gasteiger partial charge in [0, 0.05) is 13.1 Å². The highest BCUT2D eigenvalue weighted by atomic mass is 14.9. The fourth-order valence-electron chi connectivity index (χ4n) is 0.624. The summed E-state index contributed by atoms with van der Waals surface area (Å²) in [6.45, 7) is 2.11. The standard InChI is InChI=1S/C5H10N2/c1-2-4-7-5-6-3-1/h5H,1-4H2,(H,6,7). The second-order valence-corrected chi connectivity index (χ2v) is 1.70. The fraction of sp³-hybridized carbons (Fsp3) is 0.800. The zero-order valence-corrected chi connectivity index (χ0v) is 4.35. The van der Waals surface area contributed by atoms with Crippen molar-refractivity contribution in [2.45, 2.75) is 12.8 Å². The highest BCUT2D eigenvalue weighted by Gasteiger charge is 1.87. The maximum Gasteiger partial charge on any atom is 0.0823 e. The lowest BCUT2D eigenvalue weighted by atomic mass is 10.3. The number of nitrogens with one attached hydrogen (secondary N) is 1. The number of aliphatic imine (C=N–C) groups is 1. The smallest absolute Gasteiger partial charge is 0.0823 e. The second kappa shape index (κ2) is 2.61. The average Bonchev–Trinajstić information content (AvgIpc) is 1.90. The summed E-state index contributed by atoms with van der Waals surface area (Å²) >= 11 is 0. The third-order valence-electron chi connectivity index (χ3n) is 1.04. The molecule has 0 amide bonds. The Kier molecular flexibility index (Phi) is 1.72. The summed E-state index contributed by atoms with van der Waals surface area (Å²) in [5.41, 5.74) is 0. The first-order chi connectivity index (χ1) is 3.50. The van der Waals surface area contributed by atoms with Crippen LogP contribution in [0.5, 0.6) is 0 Å². The molecule has 7 heavy (non-hydrogen) atoms. The zero-order valence-electron chi connectivity index (χ0n) is 4.35. The van der Waals surface area contributed by atoms with Gasteiger partial charge in [0.25, 0.3) is 0 Å². The van der Waals surface area contributed by atoms with Gasteiger partial charge in [-0.25, -0.2) is 0 Å². The van der Waals surface area contributed by atoms with Crippen molar-refractivity contribution >= 4 is 6.34 Å². The van der Waals surface area contributed by atoms with Crippen molar-refractivity contribution in [3.8, 4) is 0 Å². The number of hydrogen-bond donors (Lipinski definition) is 1. The maximum atomic E-state index is 4.03. The van der Waals surface area contributed by atoms with Gasteiger partial charge in [-0.15, -0.1) is 0 Å². The van der Waals surface area contributed by atoms with E-state index >= 15 is 0 Å². The summed E-state index contributed by atoms with van der Waals surface area (Å²) < 4.78 is 0. The van der Waals surface area contributed by atoms with Crippen molar-refractivity contribution in [2.24, 2.45) is 4.99 Å². The Balaban J connectivity index is 2.20. The first kappa shape index (κ1) is 4.62. The van der Waals surface area contributed by atoms with E-state index in [1.807, 2.05) is 0 Å². The molecule has 2 heteroatoms. The van der Waals surface area contributed by atoms with E-state index in [4.69, 9.17) is 0 Å². The number of rotatable bonds is 0. The summed E-state index contributed by atoms with van der Waals surface area (Å²) in [5, 5.41) is 3.06. The van der Waals surface area contributed by atoms with Gasteiger partial charge < -0.3 is 5.32 Å². The zero-order chi connectivity index (χ0) is 4.95. The molecule has 1 rings (SSSR count). The highest BCUT2D eigenvalue weighted by Crippen LogP contribution is 1.88. The second-order valence-electron chi connectivity index (χ2n) is 1.70. The lowest BCUT2D eigenvalue weighted by molar-refractivity contribution is 0.751. The van der Waals surface area contributed by atoms with Crippen LogP contribution in [0.15, 0.2) is 4.99 Å². The molecule has 0 spiro atoms. The van der Waals surface area contributed by atoms with E-state index in [0.717, 1.165) is 13.1 Å². The van der Waals surface area contributed by atoms with Crippen LogP contribution < -0.4 is 5.32 Å². The third-order valence-corrected chi connectivity index (χ3v) is 1.04. The summed E-state index contributed by atoms with van der Waals surface area (Å²) in [7, 11) is 0. The topological polar surface area (TPSA) is 24.4 Å².